The highest BCUT2D eigenvalue weighted by Crippen LogP contribution is 2.46. The molecule has 1 aliphatic heterocycles. The number of hydrogen-bond acceptors (Lipinski definition) is 3. The third kappa shape index (κ3) is 3.06. The summed E-state index contributed by atoms with van der Waals surface area (Å²) in [5.74, 6) is 0.706. The Morgan fingerprint density at radius 1 is 1.24 bits per heavy atom. The number of nitrogens with one attached hydrogen (secondary N) is 2. The molecule has 2 unspecified atom stereocenters. The van der Waals surface area contributed by atoms with Crippen LogP contribution in [-0.4, -0.2) is 5.91 Å². The number of rotatable bonds is 1. The first kappa shape index (κ1) is 16.9. The van der Waals surface area contributed by atoms with Gasteiger partial charge in [0, 0.05) is 9.90 Å². The van der Waals surface area contributed by atoms with Gasteiger partial charge in [0.25, 0.3) is 5.91 Å². The van der Waals surface area contributed by atoms with E-state index >= 15 is 0 Å². The highest BCUT2D eigenvalue weighted by atomic mass is 35.5. The molecule has 1 amide bonds. The minimum atomic E-state index is -0.225. The summed E-state index contributed by atoms with van der Waals surface area (Å²) in [6.07, 6.45) is 3.01. The molecule has 0 fully saturated rings. The van der Waals surface area contributed by atoms with E-state index in [-0.39, 0.29) is 12.1 Å². The number of carbonyl (C=O) groups is 1. The van der Waals surface area contributed by atoms with Gasteiger partial charge < -0.3 is 10.6 Å². The lowest BCUT2D eigenvalue weighted by atomic mass is 9.72. The van der Waals surface area contributed by atoms with Gasteiger partial charge >= 0.3 is 0 Å². The van der Waals surface area contributed by atoms with Crippen LogP contribution in [0.4, 0.5) is 5.00 Å². The molecule has 4 rings (SSSR count). The largest absolute Gasteiger partial charge is 0.353 e. The van der Waals surface area contributed by atoms with Gasteiger partial charge in [0.15, 0.2) is 0 Å². The van der Waals surface area contributed by atoms with Crippen molar-refractivity contribution in [1.82, 2.24) is 5.32 Å². The summed E-state index contributed by atoms with van der Waals surface area (Å²) in [5, 5.41) is 8.29. The van der Waals surface area contributed by atoms with E-state index in [9.17, 15) is 4.79 Å². The van der Waals surface area contributed by atoms with Crippen molar-refractivity contribution in [3.63, 3.8) is 0 Å². The van der Waals surface area contributed by atoms with E-state index in [1.807, 2.05) is 24.3 Å². The van der Waals surface area contributed by atoms with Crippen LogP contribution in [0.25, 0.3) is 0 Å². The SMILES string of the molecule is CC(C)(C)C1CCc2c(sc3c2C(=O)NC(c2cccc(Cl)c2)N3)C1. The van der Waals surface area contributed by atoms with E-state index in [0.717, 1.165) is 35.4 Å². The molecule has 5 heteroatoms. The Hall–Kier alpha value is -1.52. The first-order valence-corrected chi connectivity index (χ1v) is 10.00. The van der Waals surface area contributed by atoms with E-state index in [1.54, 1.807) is 11.3 Å². The maximum atomic E-state index is 12.8. The molecule has 0 spiro atoms. The van der Waals surface area contributed by atoms with Crippen LogP contribution in [0.15, 0.2) is 24.3 Å². The van der Waals surface area contributed by atoms with Crippen LogP contribution in [0.2, 0.25) is 5.02 Å². The second-order valence-electron chi connectivity index (χ2n) is 8.12. The summed E-state index contributed by atoms with van der Waals surface area (Å²) in [6, 6.07) is 7.64. The number of carbonyl (C=O) groups excluding carboxylic acids is 1. The molecule has 3 nitrogen and oxygen atoms in total. The first-order chi connectivity index (χ1) is 11.8. The van der Waals surface area contributed by atoms with Crippen LogP contribution in [0.1, 0.15) is 59.7 Å². The van der Waals surface area contributed by atoms with Gasteiger partial charge in [-0.3, -0.25) is 4.79 Å². The molecule has 0 bridgehead atoms. The van der Waals surface area contributed by atoms with E-state index < -0.39 is 0 Å². The van der Waals surface area contributed by atoms with E-state index in [4.69, 9.17) is 11.6 Å². The number of fused-ring (bicyclic) bond motifs is 3. The number of benzene rings is 1. The van der Waals surface area contributed by atoms with Crippen molar-refractivity contribution >= 4 is 33.8 Å². The molecule has 2 heterocycles. The molecular weight excluding hydrogens is 352 g/mol. The summed E-state index contributed by atoms with van der Waals surface area (Å²) < 4.78 is 0. The van der Waals surface area contributed by atoms with Crippen molar-refractivity contribution in [2.75, 3.05) is 5.32 Å². The van der Waals surface area contributed by atoms with Crippen LogP contribution in [0, 0.1) is 11.3 Å². The predicted octanol–water partition coefficient (Wildman–Crippen LogP) is 5.41. The van der Waals surface area contributed by atoms with Gasteiger partial charge in [-0.15, -0.1) is 11.3 Å². The Balaban J connectivity index is 1.66. The molecule has 0 saturated carbocycles. The molecule has 1 aromatic heterocycles. The molecular formula is C20H23ClN2OS. The molecule has 2 aliphatic rings. The lowest BCUT2D eigenvalue weighted by Crippen LogP contribution is -2.38. The maximum absolute atomic E-state index is 12.8. The third-order valence-electron chi connectivity index (χ3n) is 5.45. The Labute approximate surface area is 157 Å². The van der Waals surface area contributed by atoms with Crippen LogP contribution in [-0.2, 0) is 12.8 Å². The summed E-state index contributed by atoms with van der Waals surface area (Å²) in [7, 11) is 0. The van der Waals surface area contributed by atoms with Crippen molar-refractivity contribution in [3.8, 4) is 0 Å². The molecule has 2 N–H and O–H groups in total. The molecule has 0 radical (unpaired) electrons. The fourth-order valence-corrected chi connectivity index (χ4v) is 5.44. The van der Waals surface area contributed by atoms with Crippen molar-refractivity contribution in [1.29, 1.82) is 0 Å². The lowest BCUT2D eigenvalue weighted by molar-refractivity contribution is 0.0935. The number of hydrogen-bond donors (Lipinski definition) is 2. The average Bonchev–Trinajstić information content (AvgIpc) is 2.92. The quantitative estimate of drug-likeness (QED) is 0.701. The second kappa shape index (κ2) is 6.03. The van der Waals surface area contributed by atoms with Crippen LogP contribution >= 0.6 is 22.9 Å². The zero-order chi connectivity index (χ0) is 17.8. The topological polar surface area (TPSA) is 41.1 Å². The summed E-state index contributed by atoms with van der Waals surface area (Å²) in [6.45, 7) is 6.95. The number of halogens is 1. The van der Waals surface area contributed by atoms with E-state index in [0.29, 0.717) is 16.4 Å². The minimum Gasteiger partial charge on any atom is -0.353 e. The van der Waals surface area contributed by atoms with Gasteiger partial charge in [-0.2, -0.15) is 0 Å². The minimum absolute atomic E-state index is 0.0328. The zero-order valence-corrected chi connectivity index (χ0v) is 16.4. The average molecular weight is 375 g/mol. The molecule has 1 aromatic carbocycles. The Morgan fingerprint density at radius 3 is 2.76 bits per heavy atom. The predicted molar refractivity (Wildman–Crippen MR) is 105 cm³/mol. The number of anilines is 1. The Kier molecular flexibility index (Phi) is 4.08. The smallest absolute Gasteiger partial charge is 0.256 e. The second-order valence-corrected chi connectivity index (χ2v) is 9.66. The fraction of sp³-hybridized carbons (Fsp3) is 0.450. The summed E-state index contributed by atoms with van der Waals surface area (Å²) in [4.78, 5) is 14.2. The lowest BCUT2D eigenvalue weighted by Gasteiger charge is -2.34. The monoisotopic (exact) mass is 374 g/mol. The normalized spacial score (nSPS) is 22.6. The van der Waals surface area contributed by atoms with Gasteiger partial charge in [-0.25, -0.2) is 0 Å². The van der Waals surface area contributed by atoms with Crippen molar-refractivity contribution < 1.29 is 4.79 Å². The van der Waals surface area contributed by atoms with Gasteiger partial charge in [-0.05, 0) is 53.9 Å². The van der Waals surface area contributed by atoms with Crippen LogP contribution < -0.4 is 10.6 Å². The summed E-state index contributed by atoms with van der Waals surface area (Å²) >= 11 is 7.86. The van der Waals surface area contributed by atoms with Crippen molar-refractivity contribution in [3.05, 3.63) is 50.9 Å². The highest BCUT2D eigenvalue weighted by molar-refractivity contribution is 7.16. The van der Waals surface area contributed by atoms with Gasteiger partial charge in [0.05, 0.1) is 5.56 Å². The third-order valence-corrected chi connectivity index (χ3v) is 6.87. The molecule has 2 aromatic rings. The molecule has 0 saturated heterocycles. The standard InChI is InChI=1S/C20H23ClN2OS/c1-20(2,3)12-7-8-14-15(10-12)25-19-16(14)18(24)22-17(23-19)11-5-4-6-13(21)9-11/h4-6,9,12,17,23H,7-8,10H2,1-3H3,(H,22,24). The van der Waals surface area contributed by atoms with Gasteiger partial charge in [-0.1, -0.05) is 44.5 Å². The Bertz CT molecular complexity index is 837. The summed E-state index contributed by atoms with van der Waals surface area (Å²) in [5.41, 5.74) is 3.41. The first-order valence-electron chi connectivity index (χ1n) is 8.80. The molecule has 1 aliphatic carbocycles. The molecule has 132 valence electrons. The fourth-order valence-electron chi connectivity index (χ4n) is 3.89. The molecule has 2 atom stereocenters. The van der Waals surface area contributed by atoms with Crippen molar-refractivity contribution in [2.24, 2.45) is 11.3 Å². The highest BCUT2D eigenvalue weighted by Gasteiger charge is 2.36. The van der Waals surface area contributed by atoms with Crippen molar-refractivity contribution in [2.45, 2.75) is 46.2 Å². The maximum Gasteiger partial charge on any atom is 0.256 e. The Morgan fingerprint density at radius 2 is 2.04 bits per heavy atom. The van der Waals surface area contributed by atoms with E-state index in [1.165, 1.54) is 10.4 Å². The molecule has 25 heavy (non-hydrogen) atoms. The number of thiophene rings is 1. The van der Waals surface area contributed by atoms with Gasteiger partial charge in [0.1, 0.15) is 11.2 Å². The van der Waals surface area contributed by atoms with Gasteiger partial charge in [0.2, 0.25) is 0 Å². The van der Waals surface area contributed by atoms with Crippen LogP contribution in [0.5, 0.6) is 0 Å². The zero-order valence-electron chi connectivity index (χ0n) is 14.8. The van der Waals surface area contributed by atoms with E-state index in [2.05, 4.69) is 31.4 Å². The number of amides is 1. The van der Waals surface area contributed by atoms with Crippen LogP contribution in [0.3, 0.4) is 0 Å².